The van der Waals surface area contributed by atoms with Crippen molar-refractivity contribution in [3.05, 3.63) is 28.7 Å². The molecule has 1 heterocycles. The molecule has 2 aliphatic carbocycles. The van der Waals surface area contributed by atoms with Gasteiger partial charge >= 0.3 is 5.97 Å². The average molecular weight is 391 g/mol. The number of nitrogens with one attached hydrogen (secondary N) is 2. The molecule has 1 fully saturated rings. The highest BCUT2D eigenvalue weighted by Crippen LogP contribution is 2.40. The minimum atomic E-state index is -0.540. The molecule has 1 saturated carbocycles. The zero-order chi connectivity index (χ0) is 19.2. The molecule has 0 aromatic carbocycles. The first-order valence-electron chi connectivity index (χ1n) is 9.60. The van der Waals surface area contributed by atoms with Gasteiger partial charge in [-0.3, -0.25) is 9.59 Å². The van der Waals surface area contributed by atoms with Crippen LogP contribution in [0.3, 0.4) is 0 Å². The number of hydrogen-bond donors (Lipinski definition) is 2. The van der Waals surface area contributed by atoms with Crippen LogP contribution >= 0.6 is 11.3 Å². The van der Waals surface area contributed by atoms with Crippen LogP contribution in [-0.2, 0) is 27.2 Å². The molecule has 0 aliphatic heterocycles. The highest BCUT2D eigenvalue weighted by molar-refractivity contribution is 7.17. The van der Waals surface area contributed by atoms with Gasteiger partial charge in [-0.25, -0.2) is 4.79 Å². The van der Waals surface area contributed by atoms with Crippen molar-refractivity contribution in [2.75, 3.05) is 18.5 Å². The van der Waals surface area contributed by atoms with Gasteiger partial charge in [0.25, 0.3) is 5.91 Å². The van der Waals surface area contributed by atoms with Crippen molar-refractivity contribution in [3.8, 4) is 0 Å². The SMILES string of the molecule is C=CCNC(=O)COC(=O)c1c(NC(=O)C2CCCCC2)sc2c1CCC2. The van der Waals surface area contributed by atoms with Crippen molar-refractivity contribution in [2.24, 2.45) is 5.92 Å². The maximum atomic E-state index is 12.7. The van der Waals surface area contributed by atoms with E-state index >= 15 is 0 Å². The second-order valence-corrected chi connectivity index (χ2v) is 8.16. The largest absolute Gasteiger partial charge is 0.452 e. The molecule has 2 N–H and O–H groups in total. The summed E-state index contributed by atoms with van der Waals surface area (Å²) in [5, 5.41) is 6.13. The molecule has 0 bridgehead atoms. The lowest BCUT2D eigenvalue weighted by molar-refractivity contribution is -0.124. The Labute approximate surface area is 163 Å². The summed E-state index contributed by atoms with van der Waals surface area (Å²) < 4.78 is 5.21. The lowest BCUT2D eigenvalue weighted by Crippen LogP contribution is -2.29. The Balaban J connectivity index is 1.69. The van der Waals surface area contributed by atoms with Gasteiger partial charge in [0.15, 0.2) is 6.61 Å². The highest BCUT2D eigenvalue weighted by Gasteiger charge is 2.30. The van der Waals surface area contributed by atoms with Crippen LogP contribution in [0.1, 0.15) is 59.3 Å². The molecule has 3 rings (SSSR count). The first-order valence-corrected chi connectivity index (χ1v) is 10.4. The van der Waals surface area contributed by atoms with Gasteiger partial charge < -0.3 is 15.4 Å². The number of anilines is 1. The molecule has 6 nitrogen and oxygen atoms in total. The molecular formula is C20H26N2O4S. The van der Waals surface area contributed by atoms with Crippen LogP contribution in [0, 0.1) is 5.92 Å². The van der Waals surface area contributed by atoms with E-state index in [1.54, 1.807) is 6.08 Å². The quantitative estimate of drug-likeness (QED) is 0.553. The number of rotatable bonds is 7. The summed E-state index contributed by atoms with van der Waals surface area (Å²) in [6, 6.07) is 0. The van der Waals surface area contributed by atoms with Gasteiger partial charge in [0, 0.05) is 17.3 Å². The maximum Gasteiger partial charge on any atom is 0.341 e. The van der Waals surface area contributed by atoms with Gasteiger partial charge in [-0.2, -0.15) is 0 Å². The second-order valence-electron chi connectivity index (χ2n) is 7.05. The molecule has 0 unspecified atom stereocenters. The van der Waals surface area contributed by atoms with Crippen LogP contribution in [0.25, 0.3) is 0 Å². The van der Waals surface area contributed by atoms with Crippen LogP contribution in [-0.4, -0.2) is 30.9 Å². The van der Waals surface area contributed by atoms with Crippen LogP contribution in [0.5, 0.6) is 0 Å². The first kappa shape index (κ1) is 19.6. The van der Waals surface area contributed by atoms with Gasteiger partial charge in [0.2, 0.25) is 5.91 Å². The van der Waals surface area contributed by atoms with E-state index in [1.165, 1.54) is 17.8 Å². The Morgan fingerprint density at radius 1 is 1.15 bits per heavy atom. The molecule has 0 atom stereocenters. The number of ether oxygens (including phenoxy) is 1. The number of thiophene rings is 1. The van der Waals surface area contributed by atoms with Gasteiger partial charge in [-0.05, 0) is 37.7 Å². The van der Waals surface area contributed by atoms with Crippen molar-refractivity contribution in [3.63, 3.8) is 0 Å². The van der Waals surface area contributed by atoms with Crippen molar-refractivity contribution in [2.45, 2.75) is 51.4 Å². The van der Waals surface area contributed by atoms with E-state index in [-0.39, 0.29) is 24.3 Å². The van der Waals surface area contributed by atoms with Gasteiger partial charge in [0.05, 0.1) is 5.56 Å². The molecule has 146 valence electrons. The second kappa shape index (κ2) is 9.17. The third kappa shape index (κ3) is 4.77. The number of carbonyl (C=O) groups is 3. The van der Waals surface area contributed by atoms with Crippen molar-refractivity contribution >= 4 is 34.1 Å². The topological polar surface area (TPSA) is 84.5 Å². The molecule has 2 aliphatic rings. The fourth-order valence-electron chi connectivity index (χ4n) is 3.73. The van der Waals surface area contributed by atoms with Crippen molar-refractivity contribution in [1.29, 1.82) is 0 Å². The van der Waals surface area contributed by atoms with E-state index in [9.17, 15) is 14.4 Å². The predicted molar refractivity (Wildman–Crippen MR) is 105 cm³/mol. The molecular weight excluding hydrogens is 364 g/mol. The Morgan fingerprint density at radius 2 is 1.93 bits per heavy atom. The summed E-state index contributed by atoms with van der Waals surface area (Å²) in [6.45, 7) is 3.51. The minimum absolute atomic E-state index is 0.00704. The van der Waals surface area contributed by atoms with E-state index in [4.69, 9.17) is 4.74 Å². The smallest absolute Gasteiger partial charge is 0.341 e. The monoisotopic (exact) mass is 390 g/mol. The number of carbonyl (C=O) groups excluding carboxylic acids is 3. The molecule has 0 saturated heterocycles. The fourth-order valence-corrected chi connectivity index (χ4v) is 5.01. The Hall–Kier alpha value is -2.15. The summed E-state index contributed by atoms with van der Waals surface area (Å²) in [7, 11) is 0. The summed E-state index contributed by atoms with van der Waals surface area (Å²) >= 11 is 1.47. The van der Waals surface area contributed by atoms with E-state index in [0.717, 1.165) is 55.4 Å². The van der Waals surface area contributed by atoms with E-state index in [1.807, 2.05) is 0 Å². The number of fused-ring (bicyclic) bond motifs is 1. The summed E-state index contributed by atoms with van der Waals surface area (Å²) in [5.74, 6) is -0.901. The molecule has 2 amide bonds. The van der Waals surface area contributed by atoms with E-state index in [2.05, 4.69) is 17.2 Å². The summed E-state index contributed by atoms with van der Waals surface area (Å²) in [4.78, 5) is 38.1. The summed E-state index contributed by atoms with van der Waals surface area (Å²) in [6.07, 6.45) is 9.42. The molecule has 0 radical (unpaired) electrons. The standard InChI is InChI=1S/C20H26N2O4S/c1-2-11-21-16(23)12-26-20(25)17-14-9-6-10-15(14)27-19(17)22-18(24)13-7-4-3-5-8-13/h2,13H,1,3-12H2,(H,21,23)(H,22,24). The Kier molecular flexibility index (Phi) is 6.66. The molecule has 0 spiro atoms. The van der Waals surface area contributed by atoms with Crippen LogP contribution in [0.15, 0.2) is 12.7 Å². The van der Waals surface area contributed by atoms with Gasteiger partial charge in [-0.15, -0.1) is 17.9 Å². The average Bonchev–Trinajstić information content (AvgIpc) is 3.25. The third-order valence-corrected chi connectivity index (χ3v) is 6.32. The lowest BCUT2D eigenvalue weighted by Gasteiger charge is -2.20. The predicted octanol–water partition coefficient (Wildman–Crippen LogP) is 3.21. The van der Waals surface area contributed by atoms with Crippen LogP contribution < -0.4 is 10.6 Å². The molecule has 1 aromatic rings. The number of hydrogen-bond acceptors (Lipinski definition) is 5. The minimum Gasteiger partial charge on any atom is -0.452 e. The molecule has 27 heavy (non-hydrogen) atoms. The number of esters is 1. The number of amides is 2. The fraction of sp³-hybridized carbons (Fsp3) is 0.550. The lowest BCUT2D eigenvalue weighted by atomic mass is 9.89. The van der Waals surface area contributed by atoms with Gasteiger partial charge in [-0.1, -0.05) is 25.3 Å². The Bertz CT molecular complexity index is 735. The van der Waals surface area contributed by atoms with E-state index < -0.39 is 5.97 Å². The third-order valence-electron chi connectivity index (χ3n) is 5.12. The maximum absolute atomic E-state index is 12.7. The highest BCUT2D eigenvalue weighted by atomic mass is 32.1. The molecule has 7 heteroatoms. The zero-order valence-corrected chi connectivity index (χ0v) is 16.3. The van der Waals surface area contributed by atoms with Gasteiger partial charge in [0.1, 0.15) is 5.00 Å². The van der Waals surface area contributed by atoms with Crippen molar-refractivity contribution in [1.82, 2.24) is 5.32 Å². The van der Waals surface area contributed by atoms with Crippen LogP contribution in [0.4, 0.5) is 5.00 Å². The normalized spacial score (nSPS) is 16.4. The van der Waals surface area contributed by atoms with E-state index in [0.29, 0.717) is 17.1 Å². The first-order chi connectivity index (χ1) is 13.1. The number of aryl methyl sites for hydroxylation is 1. The zero-order valence-electron chi connectivity index (χ0n) is 15.5. The molecule has 1 aromatic heterocycles. The summed E-state index contributed by atoms with van der Waals surface area (Å²) in [5.41, 5.74) is 1.41. The Morgan fingerprint density at radius 3 is 2.67 bits per heavy atom. The van der Waals surface area contributed by atoms with Crippen LogP contribution in [0.2, 0.25) is 0 Å². The van der Waals surface area contributed by atoms with Crippen molar-refractivity contribution < 1.29 is 19.1 Å².